The van der Waals surface area contributed by atoms with Gasteiger partial charge in [-0.05, 0) is 88.6 Å². The molecule has 7 heteroatoms. The smallest absolute Gasteiger partial charge is 0.292 e. The van der Waals surface area contributed by atoms with Crippen molar-refractivity contribution in [2.45, 2.75) is 59.8 Å². The molecule has 0 bridgehead atoms. The van der Waals surface area contributed by atoms with E-state index < -0.39 is 0 Å². The van der Waals surface area contributed by atoms with Crippen LogP contribution in [0.25, 0.3) is 11.0 Å². The lowest BCUT2D eigenvalue weighted by molar-refractivity contribution is 0.0944. The quantitative estimate of drug-likeness (QED) is 0.415. The highest BCUT2D eigenvalue weighted by Gasteiger charge is 2.28. The van der Waals surface area contributed by atoms with Crippen LogP contribution >= 0.6 is 11.3 Å². The van der Waals surface area contributed by atoms with Gasteiger partial charge in [-0.3, -0.25) is 9.59 Å². The SMILES string of the molecule is CCOCCCNC(=O)c1c(NC(=O)c2oc3cc(C)c(C)cc3c2C)sc2c1CCCC2. The molecule has 1 aliphatic rings. The van der Waals surface area contributed by atoms with Crippen molar-refractivity contribution in [2.24, 2.45) is 0 Å². The standard InChI is InChI=1S/C26H32N2O4S/c1-5-31-12-8-11-27-24(29)22-18-9-6-7-10-21(18)33-26(22)28-25(30)23-17(4)19-13-15(2)16(3)14-20(19)32-23/h13-14H,5-12H2,1-4H3,(H,27,29)(H,28,30). The van der Waals surface area contributed by atoms with E-state index in [9.17, 15) is 9.59 Å². The van der Waals surface area contributed by atoms with Gasteiger partial charge in [0.05, 0.1) is 5.56 Å². The number of carbonyl (C=O) groups excluding carboxylic acids is 2. The first kappa shape index (κ1) is 23.5. The van der Waals surface area contributed by atoms with Crippen LogP contribution in [-0.2, 0) is 17.6 Å². The normalized spacial score (nSPS) is 13.2. The number of ether oxygens (including phenoxy) is 1. The molecule has 0 spiro atoms. The fourth-order valence-electron chi connectivity index (χ4n) is 4.36. The summed E-state index contributed by atoms with van der Waals surface area (Å²) in [4.78, 5) is 27.6. The second-order valence-electron chi connectivity index (χ2n) is 8.66. The summed E-state index contributed by atoms with van der Waals surface area (Å²) in [5.74, 6) is -0.152. The molecule has 0 fully saturated rings. The van der Waals surface area contributed by atoms with Crippen LogP contribution in [0.3, 0.4) is 0 Å². The molecule has 0 saturated heterocycles. The summed E-state index contributed by atoms with van der Waals surface area (Å²) >= 11 is 1.52. The highest BCUT2D eigenvalue weighted by molar-refractivity contribution is 7.17. The summed E-state index contributed by atoms with van der Waals surface area (Å²) in [6.45, 7) is 9.77. The third kappa shape index (κ3) is 4.84. The van der Waals surface area contributed by atoms with Crippen molar-refractivity contribution >= 4 is 39.1 Å². The van der Waals surface area contributed by atoms with Crippen LogP contribution in [-0.4, -0.2) is 31.6 Å². The molecule has 1 aromatic carbocycles. The van der Waals surface area contributed by atoms with Gasteiger partial charge < -0.3 is 19.8 Å². The maximum atomic E-state index is 13.2. The molecule has 2 amide bonds. The predicted octanol–water partition coefficient (Wildman–Crippen LogP) is 5.71. The lowest BCUT2D eigenvalue weighted by Gasteiger charge is -2.13. The monoisotopic (exact) mass is 468 g/mol. The van der Waals surface area contributed by atoms with Crippen molar-refractivity contribution in [3.05, 3.63) is 50.6 Å². The molecule has 1 aliphatic carbocycles. The van der Waals surface area contributed by atoms with Gasteiger partial charge in [0.15, 0.2) is 5.76 Å². The van der Waals surface area contributed by atoms with Crippen molar-refractivity contribution < 1.29 is 18.7 Å². The largest absolute Gasteiger partial charge is 0.451 e. The molecule has 0 unspecified atom stereocenters. The number of benzene rings is 1. The lowest BCUT2D eigenvalue weighted by Crippen LogP contribution is -2.27. The third-order valence-corrected chi connectivity index (χ3v) is 7.55. The highest BCUT2D eigenvalue weighted by Crippen LogP contribution is 2.39. The minimum Gasteiger partial charge on any atom is -0.451 e. The molecule has 0 aliphatic heterocycles. The average Bonchev–Trinajstić information content (AvgIpc) is 3.31. The van der Waals surface area contributed by atoms with Gasteiger partial charge in [0.1, 0.15) is 10.6 Å². The van der Waals surface area contributed by atoms with Crippen molar-refractivity contribution in [3.63, 3.8) is 0 Å². The van der Waals surface area contributed by atoms with E-state index in [2.05, 4.69) is 23.6 Å². The van der Waals surface area contributed by atoms with Crippen LogP contribution in [0, 0.1) is 20.8 Å². The Balaban J connectivity index is 1.59. The van der Waals surface area contributed by atoms with Gasteiger partial charge in [-0.25, -0.2) is 0 Å². The number of nitrogens with one attached hydrogen (secondary N) is 2. The summed E-state index contributed by atoms with van der Waals surface area (Å²) in [6, 6.07) is 4.03. The van der Waals surface area contributed by atoms with Crippen LogP contribution in [0.1, 0.15) is 74.2 Å². The van der Waals surface area contributed by atoms with Gasteiger partial charge in [0.2, 0.25) is 0 Å². The maximum absolute atomic E-state index is 13.2. The van der Waals surface area contributed by atoms with Crippen molar-refractivity contribution in [2.75, 3.05) is 25.1 Å². The van der Waals surface area contributed by atoms with E-state index in [0.717, 1.165) is 59.7 Å². The van der Waals surface area contributed by atoms with Gasteiger partial charge in [-0.2, -0.15) is 0 Å². The number of amides is 2. The molecule has 4 rings (SSSR count). The number of carbonyl (C=O) groups is 2. The number of furan rings is 1. The molecule has 2 heterocycles. The molecule has 33 heavy (non-hydrogen) atoms. The molecule has 2 N–H and O–H groups in total. The fraction of sp³-hybridized carbons (Fsp3) is 0.462. The van der Waals surface area contributed by atoms with Crippen LogP contribution in [0.2, 0.25) is 0 Å². The zero-order chi connectivity index (χ0) is 23.5. The van der Waals surface area contributed by atoms with Gasteiger partial charge >= 0.3 is 0 Å². The zero-order valence-corrected chi connectivity index (χ0v) is 20.7. The van der Waals surface area contributed by atoms with Crippen molar-refractivity contribution in [1.29, 1.82) is 0 Å². The van der Waals surface area contributed by atoms with E-state index in [-0.39, 0.29) is 11.8 Å². The lowest BCUT2D eigenvalue weighted by atomic mass is 9.95. The number of hydrogen-bond acceptors (Lipinski definition) is 5. The van der Waals surface area contributed by atoms with E-state index in [1.807, 2.05) is 26.8 Å². The van der Waals surface area contributed by atoms with Crippen LogP contribution < -0.4 is 10.6 Å². The predicted molar refractivity (Wildman–Crippen MR) is 133 cm³/mol. The summed E-state index contributed by atoms with van der Waals surface area (Å²) in [5, 5.41) is 7.57. The van der Waals surface area contributed by atoms with E-state index in [1.54, 1.807) is 0 Å². The molecular weight excluding hydrogens is 436 g/mol. The highest BCUT2D eigenvalue weighted by atomic mass is 32.1. The first-order valence-corrected chi connectivity index (χ1v) is 12.5. The Morgan fingerprint density at radius 3 is 2.64 bits per heavy atom. The van der Waals surface area contributed by atoms with E-state index in [0.29, 0.717) is 41.7 Å². The average molecular weight is 469 g/mol. The Hall–Kier alpha value is -2.64. The summed E-state index contributed by atoms with van der Waals surface area (Å²) in [7, 11) is 0. The maximum Gasteiger partial charge on any atom is 0.292 e. The molecule has 2 aromatic heterocycles. The second-order valence-corrected chi connectivity index (χ2v) is 9.77. The Morgan fingerprint density at radius 1 is 1.09 bits per heavy atom. The minimum absolute atomic E-state index is 0.131. The Kier molecular flexibility index (Phi) is 7.20. The van der Waals surface area contributed by atoms with Crippen LogP contribution in [0.4, 0.5) is 5.00 Å². The van der Waals surface area contributed by atoms with Gasteiger partial charge in [-0.1, -0.05) is 0 Å². The van der Waals surface area contributed by atoms with Crippen LogP contribution in [0.15, 0.2) is 16.5 Å². The molecule has 3 aromatic rings. The molecule has 176 valence electrons. The van der Waals surface area contributed by atoms with E-state index in [4.69, 9.17) is 9.15 Å². The molecular formula is C26H32N2O4S. The number of aryl methyl sites for hydroxylation is 4. The van der Waals surface area contributed by atoms with Gasteiger partial charge in [0, 0.05) is 35.6 Å². The molecule has 6 nitrogen and oxygen atoms in total. The Morgan fingerprint density at radius 2 is 1.85 bits per heavy atom. The van der Waals surface area contributed by atoms with E-state index in [1.165, 1.54) is 16.2 Å². The number of anilines is 1. The van der Waals surface area contributed by atoms with Gasteiger partial charge in [-0.15, -0.1) is 11.3 Å². The number of fused-ring (bicyclic) bond motifs is 2. The van der Waals surface area contributed by atoms with Crippen molar-refractivity contribution in [1.82, 2.24) is 5.32 Å². The second kappa shape index (κ2) is 10.1. The topological polar surface area (TPSA) is 80.6 Å². The Bertz CT molecular complexity index is 1190. The van der Waals surface area contributed by atoms with Crippen LogP contribution in [0.5, 0.6) is 0 Å². The molecule has 0 atom stereocenters. The fourth-order valence-corrected chi connectivity index (χ4v) is 5.64. The minimum atomic E-state index is -0.317. The first-order chi connectivity index (χ1) is 15.9. The third-order valence-electron chi connectivity index (χ3n) is 6.34. The van der Waals surface area contributed by atoms with E-state index >= 15 is 0 Å². The van der Waals surface area contributed by atoms with Crippen molar-refractivity contribution in [3.8, 4) is 0 Å². The summed E-state index contributed by atoms with van der Waals surface area (Å²) in [5.41, 5.74) is 5.49. The number of hydrogen-bond donors (Lipinski definition) is 2. The number of thiophene rings is 1. The Labute approximate surface area is 198 Å². The summed E-state index contributed by atoms with van der Waals surface area (Å²) in [6.07, 6.45) is 4.74. The number of rotatable bonds is 8. The zero-order valence-electron chi connectivity index (χ0n) is 19.9. The molecule has 0 radical (unpaired) electrons. The summed E-state index contributed by atoms with van der Waals surface area (Å²) < 4.78 is 11.3. The van der Waals surface area contributed by atoms with Gasteiger partial charge in [0.25, 0.3) is 11.8 Å². The molecule has 0 saturated carbocycles. The first-order valence-electron chi connectivity index (χ1n) is 11.7.